The van der Waals surface area contributed by atoms with Gasteiger partial charge in [0.1, 0.15) is 17.4 Å². The summed E-state index contributed by atoms with van der Waals surface area (Å²) < 4.78 is 48.1. The zero-order valence-corrected chi connectivity index (χ0v) is 22.8. The van der Waals surface area contributed by atoms with Crippen molar-refractivity contribution in [2.75, 3.05) is 12.3 Å². The first-order valence-corrected chi connectivity index (χ1v) is 14.2. The molecule has 1 amide bonds. The number of carbonyl (C=O) groups excluding carboxylic acids is 1. The predicted molar refractivity (Wildman–Crippen MR) is 144 cm³/mol. The highest BCUT2D eigenvalue weighted by Crippen LogP contribution is 2.44. The number of amides is 1. The molecule has 38 heavy (non-hydrogen) atoms. The number of anilines is 1. The number of rotatable bonds is 8. The zero-order valence-electron chi connectivity index (χ0n) is 21.9. The smallest absolute Gasteiger partial charge is 0.281 e. The van der Waals surface area contributed by atoms with Gasteiger partial charge in [0.05, 0.1) is 23.6 Å². The van der Waals surface area contributed by atoms with Crippen LogP contribution in [0.1, 0.15) is 62.5 Å². The van der Waals surface area contributed by atoms with Crippen molar-refractivity contribution in [3.8, 4) is 17.0 Å². The van der Waals surface area contributed by atoms with Gasteiger partial charge in [-0.1, -0.05) is 33.8 Å². The fourth-order valence-corrected chi connectivity index (χ4v) is 5.88. The van der Waals surface area contributed by atoms with Gasteiger partial charge < -0.3 is 10.5 Å². The molecule has 0 radical (unpaired) electrons. The van der Waals surface area contributed by atoms with Crippen molar-refractivity contribution in [2.24, 2.45) is 17.8 Å². The molecule has 4 rings (SSSR count). The number of sulfonamides is 1. The second-order valence-corrected chi connectivity index (χ2v) is 12.0. The number of ether oxygens (including phenoxy) is 1. The third-order valence-corrected chi connectivity index (χ3v) is 8.02. The minimum absolute atomic E-state index is 0.0208. The number of nitrogens with two attached hydrogens (primary N) is 1. The highest BCUT2D eigenvalue weighted by molar-refractivity contribution is 7.90. The molecular formula is C28H33FN4O4S. The molecule has 1 aromatic carbocycles. The van der Waals surface area contributed by atoms with Crippen molar-refractivity contribution in [2.45, 2.75) is 51.5 Å². The topological polar surface area (TPSA) is 124 Å². The second kappa shape index (κ2) is 11.1. The summed E-state index contributed by atoms with van der Waals surface area (Å²) in [5.74, 6) is -0.213. The molecule has 2 aromatic heterocycles. The van der Waals surface area contributed by atoms with Crippen molar-refractivity contribution >= 4 is 21.7 Å². The molecular weight excluding hydrogens is 507 g/mol. The summed E-state index contributed by atoms with van der Waals surface area (Å²) in [5, 5.41) is -0.353. The van der Waals surface area contributed by atoms with E-state index in [-0.39, 0.29) is 40.1 Å². The van der Waals surface area contributed by atoms with E-state index in [2.05, 4.69) is 23.6 Å². The summed E-state index contributed by atoms with van der Waals surface area (Å²) in [6.45, 7) is 8.64. The van der Waals surface area contributed by atoms with Gasteiger partial charge in [-0.05, 0) is 67.0 Å². The van der Waals surface area contributed by atoms with Crippen molar-refractivity contribution in [3.05, 3.63) is 65.6 Å². The Morgan fingerprint density at radius 3 is 2.47 bits per heavy atom. The monoisotopic (exact) mass is 540 g/mol. The normalized spacial score (nSPS) is 18.1. The summed E-state index contributed by atoms with van der Waals surface area (Å²) in [5.41, 5.74) is 7.24. The van der Waals surface area contributed by atoms with E-state index in [1.807, 2.05) is 13.8 Å². The Bertz CT molecular complexity index is 1430. The Hall–Kier alpha value is -3.53. The number of hydrogen-bond donors (Lipinski definition) is 2. The van der Waals surface area contributed by atoms with Crippen LogP contribution in [0, 0.1) is 23.6 Å². The number of nitrogen functional groups attached to an aromatic ring is 1. The number of hydrogen-bond acceptors (Lipinski definition) is 7. The van der Waals surface area contributed by atoms with E-state index in [4.69, 9.17) is 15.5 Å². The van der Waals surface area contributed by atoms with Crippen LogP contribution in [0.2, 0.25) is 0 Å². The Balaban J connectivity index is 1.74. The van der Waals surface area contributed by atoms with E-state index < -0.39 is 21.7 Å². The summed E-state index contributed by atoms with van der Waals surface area (Å²) in [4.78, 5) is 22.0. The zero-order chi connectivity index (χ0) is 27.6. The van der Waals surface area contributed by atoms with Gasteiger partial charge in [0, 0.05) is 17.5 Å². The molecule has 1 aliphatic carbocycles. The fourth-order valence-electron chi connectivity index (χ4n) is 4.93. The van der Waals surface area contributed by atoms with E-state index in [1.165, 1.54) is 30.3 Å². The molecule has 3 N–H and O–H groups in total. The van der Waals surface area contributed by atoms with Crippen LogP contribution in [-0.4, -0.2) is 30.9 Å². The SMILES string of the molecule is CC(C)COc1cc(F)cc(-c2ccc(C(=O)NS(=O)(=O)c3cccc(N)n3)c(C3[C@@H](C)CC[C@@H]3C)n2)c1. The van der Waals surface area contributed by atoms with E-state index in [0.717, 1.165) is 12.8 Å². The standard InChI is InChI=1S/C28H33FN4O4S/c1-16(2)15-37-21-13-19(12-20(29)14-21)23-11-10-22(27(31-23)26-17(3)8-9-18(26)4)28(34)33-38(35,36)25-7-5-6-24(30)32-25/h5-7,10-14,16-18,26H,8-9,15H2,1-4H3,(H2,30,32)(H,33,34)/t17-,18-/m0/s1. The Morgan fingerprint density at radius 2 is 1.82 bits per heavy atom. The molecule has 1 fully saturated rings. The third-order valence-electron chi connectivity index (χ3n) is 6.79. The molecule has 0 unspecified atom stereocenters. The van der Waals surface area contributed by atoms with Crippen LogP contribution in [0.3, 0.4) is 0 Å². The minimum atomic E-state index is -4.27. The molecule has 10 heteroatoms. The highest BCUT2D eigenvalue weighted by atomic mass is 32.2. The molecule has 0 bridgehead atoms. The first-order chi connectivity index (χ1) is 17.9. The molecule has 1 saturated carbocycles. The summed E-state index contributed by atoms with van der Waals surface area (Å²) >= 11 is 0. The molecule has 2 atom stereocenters. The number of carbonyl (C=O) groups is 1. The number of halogens is 1. The van der Waals surface area contributed by atoms with Crippen LogP contribution in [-0.2, 0) is 10.0 Å². The predicted octanol–water partition coefficient (Wildman–Crippen LogP) is 5.17. The molecule has 2 heterocycles. The fraction of sp³-hybridized carbons (Fsp3) is 0.393. The van der Waals surface area contributed by atoms with Gasteiger partial charge in [0.25, 0.3) is 15.9 Å². The van der Waals surface area contributed by atoms with Gasteiger partial charge in [-0.25, -0.2) is 14.1 Å². The van der Waals surface area contributed by atoms with E-state index in [9.17, 15) is 17.6 Å². The van der Waals surface area contributed by atoms with Crippen molar-refractivity contribution in [3.63, 3.8) is 0 Å². The Labute approximate surface area is 222 Å². The van der Waals surface area contributed by atoms with Crippen LogP contribution in [0.5, 0.6) is 5.75 Å². The number of pyridine rings is 2. The molecule has 1 aliphatic rings. The second-order valence-electron chi connectivity index (χ2n) is 10.4. The van der Waals surface area contributed by atoms with Crippen LogP contribution in [0.25, 0.3) is 11.3 Å². The van der Waals surface area contributed by atoms with E-state index in [0.29, 0.717) is 29.3 Å². The lowest BCUT2D eigenvalue weighted by Crippen LogP contribution is -2.33. The van der Waals surface area contributed by atoms with Crippen molar-refractivity contribution in [1.82, 2.24) is 14.7 Å². The van der Waals surface area contributed by atoms with Crippen LogP contribution in [0.15, 0.2) is 53.6 Å². The molecule has 202 valence electrons. The quantitative estimate of drug-likeness (QED) is 0.404. The first kappa shape index (κ1) is 27.5. The maximum atomic E-state index is 14.5. The van der Waals surface area contributed by atoms with Gasteiger partial charge >= 0.3 is 0 Å². The van der Waals surface area contributed by atoms with E-state index in [1.54, 1.807) is 18.2 Å². The first-order valence-electron chi connectivity index (χ1n) is 12.7. The summed E-state index contributed by atoms with van der Waals surface area (Å²) in [6.07, 6.45) is 1.91. The van der Waals surface area contributed by atoms with Gasteiger partial charge in [0.15, 0.2) is 5.03 Å². The van der Waals surface area contributed by atoms with Crippen LogP contribution in [0.4, 0.5) is 10.2 Å². The Morgan fingerprint density at radius 1 is 1.11 bits per heavy atom. The van der Waals surface area contributed by atoms with Crippen molar-refractivity contribution in [1.29, 1.82) is 0 Å². The number of benzene rings is 1. The molecule has 0 saturated heterocycles. The summed E-state index contributed by atoms with van der Waals surface area (Å²) in [6, 6.07) is 11.7. The van der Waals surface area contributed by atoms with Gasteiger partial charge in [-0.2, -0.15) is 8.42 Å². The maximum Gasteiger partial charge on any atom is 0.281 e. The highest BCUT2D eigenvalue weighted by Gasteiger charge is 2.36. The minimum Gasteiger partial charge on any atom is -0.493 e. The third kappa shape index (κ3) is 6.12. The molecule has 0 aliphatic heterocycles. The number of nitrogens with one attached hydrogen (secondary N) is 1. The average Bonchev–Trinajstić information content (AvgIpc) is 3.19. The Kier molecular flexibility index (Phi) is 8.01. The van der Waals surface area contributed by atoms with E-state index >= 15 is 0 Å². The van der Waals surface area contributed by atoms with Crippen LogP contribution < -0.4 is 15.2 Å². The lowest BCUT2D eigenvalue weighted by Gasteiger charge is -2.23. The van der Waals surface area contributed by atoms with Gasteiger partial charge in [0.2, 0.25) is 0 Å². The maximum absolute atomic E-state index is 14.5. The molecule has 3 aromatic rings. The number of nitrogens with zero attached hydrogens (tertiary/aromatic N) is 2. The number of aromatic nitrogens is 2. The molecule has 0 spiro atoms. The molecule has 8 nitrogen and oxygen atoms in total. The van der Waals surface area contributed by atoms with Gasteiger partial charge in [-0.3, -0.25) is 9.78 Å². The lowest BCUT2D eigenvalue weighted by molar-refractivity contribution is 0.0979. The lowest BCUT2D eigenvalue weighted by atomic mass is 9.85. The van der Waals surface area contributed by atoms with Crippen LogP contribution >= 0.6 is 0 Å². The largest absolute Gasteiger partial charge is 0.493 e. The summed E-state index contributed by atoms with van der Waals surface area (Å²) in [7, 11) is -4.27. The average molecular weight is 541 g/mol. The van der Waals surface area contributed by atoms with Gasteiger partial charge in [-0.15, -0.1) is 0 Å². The van der Waals surface area contributed by atoms with Crippen molar-refractivity contribution < 1.29 is 22.3 Å².